The van der Waals surface area contributed by atoms with Crippen LogP contribution < -0.4 is 0 Å². The highest BCUT2D eigenvalue weighted by molar-refractivity contribution is 7.99. The molecule has 134 valence electrons. The van der Waals surface area contributed by atoms with Gasteiger partial charge in [0.1, 0.15) is 16.9 Å². The van der Waals surface area contributed by atoms with Gasteiger partial charge in [0.2, 0.25) is 0 Å². The molecule has 0 aromatic heterocycles. The van der Waals surface area contributed by atoms with Gasteiger partial charge in [-0.1, -0.05) is 100 Å². The molecule has 0 heterocycles. The van der Waals surface area contributed by atoms with E-state index < -0.39 is 0 Å². The zero-order chi connectivity index (χ0) is 18.2. The Balaban J connectivity index is 0.000000324. The second kappa shape index (κ2) is 14.6. The topological polar surface area (TPSA) is 0 Å². The molecule has 2 aromatic carbocycles. The largest absolute Gasteiger partial charge is 0.119 e. The van der Waals surface area contributed by atoms with Crippen LogP contribution in [0, 0.1) is 0 Å². The molecule has 0 fully saturated rings. The van der Waals surface area contributed by atoms with Gasteiger partial charge in [-0.2, -0.15) is 0 Å². The van der Waals surface area contributed by atoms with E-state index in [0.29, 0.717) is 10.9 Å². The highest BCUT2D eigenvalue weighted by Crippen LogP contribution is 2.10. The van der Waals surface area contributed by atoms with Crippen LogP contribution in [-0.4, -0.2) is 11.5 Å². The molecular weight excluding hydrogens is 320 g/mol. The maximum absolute atomic E-state index is 3.63. The van der Waals surface area contributed by atoms with Crippen LogP contribution in [0.25, 0.3) is 12.2 Å². The summed E-state index contributed by atoms with van der Waals surface area (Å²) in [5.41, 5.74) is 2.51. The number of unbranched alkanes of at least 4 members (excludes halogenated alkanes) is 2. The fourth-order valence-electron chi connectivity index (χ4n) is 2.23. The van der Waals surface area contributed by atoms with Gasteiger partial charge < -0.3 is 0 Å². The standard InChI is InChI=1S/C16H25S.C8H8/c1-3-5-13-17(14-6-4-2)15-12-16-10-8-7-9-11-16;1-2-8-6-4-3-5-7-8/h7-12,15H,3-6,13-14H2,1-2H3;2-7H,1H2/q+1;/b15-12+;. The maximum Gasteiger partial charge on any atom is 0.119 e. The first-order valence-corrected chi connectivity index (χ1v) is 11.0. The van der Waals surface area contributed by atoms with E-state index >= 15 is 0 Å². The normalized spacial score (nSPS) is 10.5. The zero-order valence-corrected chi connectivity index (χ0v) is 16.7. The minimum Gasteiger partial charge on any atom is -0.0985 e. The lowest BCUT2D eigenvalue weighted by Gasteiger charge is -2.02. The van der Waals surface area contributed by atoms with Crippen molar-refractivity contribution < 1.29 is 0 Å². The van der Waals surface area contributed by atoms with Crippen molar-refractivity contribution in [3.63, 3.8) is 0 Å². The van der Waals surface area contributed by atoms with Crippen molar-refractivity contribution in [2.75, 3.05) is 11.5 Å². The zero-order valence-electron chi connectivity index (χ0n) is 15.9. The Labute approximate surface area is 158 Å². The summed E-state index contributed by atoms with van der Waals surface area (Å²) >= 11 is 0. The van der Waals surface area contributed by atoms with Crippen LogP contribution in [-0.2, 0) is 10.9 Å². The highest BCUT2D eigenvalue weighted by Gasteiger charge is 2.12. The summed E-state index contributed by atoms with van der Waals surface area (Å²) in [6.07, 6.45) is 9.50. The molecule has 0 bridgehead atoms. The van der Waals surface area contributed by atoms with Crippen LogP contribution in [0.15, 0.2) is 72.7 Å². The summed E-state index contributed by atoms with van der Waals surface area (Å²) in [6.45, 7) is 8.19. The molecule has 0 N–H and O–H groups in total. The third-order valence-electron chi connectivity index (χ3n) is 3.81. The quantitative estimate of drug-likeness (QED) is 0.418. The molecule has 0 aliphatic carbocycles. The minimum atomic E-state index is 0.495. The Kier molecular flexibility index (Phi) is 12.4. The average Bonchev–Trinajstić information content (AvgIpc) is 2.69. The van der Waals surface area contributed by atoms with Crippen LogP contribution in [0.4, 0.5) is 0 Å². The van der Waals surface area contributed by atoms with Crippen molar-refractivity contribution in [3.05, 3.63) is 83.8 Å². The summed E-state index contributed by atoms with van der Waals surface area (Å²) in [6, 6.07) is 20.7. The van der Waals surface area contributed by atoms with Crippen LogP contribution >= 0.6 is 0 Å². The van der Waals surface area contributed by atoms with Crippen molar-refractivity contribution in [1.82, 2.24) is 0 Å². The van der Waals surface area contributed by atoms with Crippen LogP contribution in [0.2, 0.25) is 0 Å². The average molecular weight is 354 g/mol. The second-order valence-corrected chi connectivity index (χ2v) is 8.14. The van der Waals surface area contributed by atoms with Gasteiger partial charge in [0.15, 0.2) is 0 Å². The van der Waals surface area contributed by atoms with Gasteiger partial charge in [0.25, 0.3) is 0 Å². The third-order valence-corrected chi connectivity index (χ3v) is 5.96. The van der Waals surface area contributed by atoms with E-state index in [1.807, 2.05) is 36.4 Å². The maximum atomic E-state index is 3.63. The number of hydrogen-bond donors (Lipinski definition) is 0. The molecule has 0 saturated heterocycles. The molecule has 25 heavy (non-hydrogen) atoms. The lowest BCUT2D eigenvalue weighted by atomic mass is 10.2. The fourth-order valence-corrected chi connectivity index (χ4v) is 4.37. The van der Waals surface area contributed by atoms with Crippen LogP contribution in [0.5, 0.6) is 0 Å². The highest BCUT2D eigenvalue weighted by atomic mass is 32.2. The third kappa shape index (κ3) is 10.7. The molecule has 0 spiro atoms. The smallest absolute Gasteiger partial charge is 0.0985 e. The predicted molar refractivity (Wildman–Crippen MR) is 119 cm³/mol. The number of benzene rings is 2. The van der Waals surface area contributed by atoms with Gasteiger partial charge in [-0.05, 0) is 30.0 Å². The van der Waals surface area contributed by atoms with E-state index in [-0.39, 0.29) is 0 Å². The first-order chi connectivity index (χ1) is 12.3. The monoisotopic (exact) mass is 353 g/mol. The van der Waals surface area contributed by atoms with E-state index in [1.54, 1.807) is 0 Å². The molecule has 0 nitrogen and oxygen atoms in total. The molecule has 2 aromatic rings. The van der Waals surface area contributed by atoms with Crippen molar-refractivity contribution in [2.45, 2.75) is 39.5 Å². The summed E-state index contributed by atoms with van der Waals surface area (Å²) in [4.78, 5) is 0. The van der Waals surface area contributed by atoms with E-state index in [2.05, 4.69) is 62.2 Å². The Morgan fingerprint density at radius 1 is 0.760 bits per heavy atom. The second-order valence-electron chi connectivity index (χ2n) is 5.98. The van der Waals surface area contributed by atoms with E-state index in [9.17, 15) is 0 Å². The van der Waals surface area contributed by atoms with Gasteiger partial charge in [-0.3, -0.25) is 0 Å². The van der Waals surface area contributed by atoms with Crippen molar-refractivity contribution in [1.29, 1.82) is 0 Å². The molecule has 0 radical (unpaired) electrons. The Bertz CT molecular complexity index is 564. The van der Waals surface area contributed by atoms with Crippen LogP contribution in [0.3, 0.4) is 0 Å². The molecule has 1 heteroatoms. The Hall–Kier alpha value is -1.73. The molecule has 0 aliphatic heterocycles. The predicted octanol–water partition coefficient (Wildman–Crippen LogP) is 7.21. The van der Waals surface area contributed by atoms with Gasteiger partial charge in [0, 0.05) is 10.9 Å². The van der Waals surface area contributed by atoms with Gasteiger partial charge >= 0.3 is 0 Å². The molecule has 0 aliphatic rings. The van der Waals surface area contributed by atoms with Crippen LogP contribution in [0.1, 0.15) is 50.7 Å². The molecule has 0 atom stereocenters. The van der Waals surface area contributed by atoms with E-state index in [1.165, 1.54) is 48.3 Å². The summed E-state index contributed by atoms with van der Waals surface area (Å²) in [5.74, 6) is 2.75. The van der Waals surface area contributed by atoms with Gasteiger partial charge in [0.05, 0.1) is 0 Å². The fraction of sp³-hybridized carbons (Fsp3) is 0.333. The molecule has 0 unspecified atom stereocenters. The van der Waals surface area contributed by atoms with Crippen molar-refractivity contribution >= 4 is 23.0 Å². The lowest BCUT2D eigenvalue weighted by Crippen LogP contribution is -2.08. The first kappa shape index (κ1) is 21.3. The van der Waals surface area contributed by atoms with Gasteiger partial charge in [-0.15, -0.1) is 0 Å². The SMILES string of the molecule is C=Cc1ccccc1.CCCC[S+](/C=C/c1ccccc1)CCCC. The number of hydrogen-bond acceptors (Lipinski definition) is 0. The Morgan fingerprint density at radius 2 is 1.24 bits per heavy atom. The van der Waals surface area contributed by atoms with E-state index in [0.717, 1.165) is 0 Å². The summed E-state index contributed by atoms with van der Waals surface area (Å²) in [5, 5.41) is 2.45. The lowest BCUT2D eigenvalue weighted by molar-refractivity contribution is 0.874. The minimum absolute atomic E-state index is 0.495. The molecular formula is C24H33S+. The van der Waals surface area contributed by atoms with E-state index in [4.69, 9.17) is 0 Å². The Morgan fingerprint density at radius 3 is 1.64 bits per heavy atom. The first-order valence-electron chi connectivity index (χ1n) is 9.37. The summed E-state index contributed by atoms with van der Waals surface area (Å²) in [7, 11) is 0.495. The molecule has 0 saturated carbocycles. The van der Waals surface area contributed by atoms with Crippen molar-refractivity contribution in [2.24, 2.45) is 0 Å². The van der Waals surface area contributed by atoms with Crippen molar-refractivity contribution in [3.8, 4) is 0 Å². The molecule has 0 amide bonds. The van der Waals surface area contributed by atoms with Gasteiger partial charge in [-0.25, -0.2) is 0 Å². The molecule has 2 rings (SSSR count). The number of rotatable bonds is 9. The summed E-state index contributed by atoms with van der Waals surface area (Å²) < 4.78 is 0.